The first-order valence-corrected chi connectivity index (χ1v) is 10.9. The Morgan fingerprint density at radius 3 is 2.45 bits per heavy atom. The normalized spacial score (nSPS) is 16.9. The van der Waals surface area contributed by atoms with Crippen LogP contribution in [0, 0.1) is 0 Å². The van der Waals surface area contributed by atoms with E-state index >= 15 is 0 Å². The maximum Gasteiger partial charge on any atom is 0.0739 e. The molecule has 3 aromatic rings. The average Bonchev–Trinajstić information content (AvgIpc) is 2.92. The summed E-state index contributed by atoms with van der Waals surface area (Å²) in [7, 11) is 0. The van der Waals surface area contributed by atoms with Gasteiger partial charge in [-0.05, 0) is 66.1 Å². The largest absolute Gasteiger partial charge is 0.298 e. The van der Waals surface area contributed by atoms with E-state index in [9.17, 15) is 0 Å². The van der Waals surface area contributed by atoms with Crippen LogP contribution in [0.15, 0.2) is 72.4 Å². The fourth-order valence-corrected chi connectivity index (χ4v) is 4.90. The summed E-state index contributed by atoms with van der Waals surface area (Å²) < 4.78 is 0. The number of rotatable bonds is 2. The Morgan fingerprint density at radius 1 is 0.828 bits per heavy atom. The van der Waals surface area contributed by atoms with Gasteiger partial charge in [-0.1, -0.05) is 59.6 Å². The van der Waals surface area contributed by atoms with Gasteiger partial charge in [0.2, 0.25) is 0 Å². The second kappa shape index (κ2) is 8.14. The van der Waals surface area contributed by atoms with E-state index in [0.29, 0.717) is 0 Å². The molecule has 0 bridgehead atoms. The zero-order valence-electron chi connectivity index (χ0n) is 16.6. The second-order valence-corrected chi connectivity index (χ2v) is 8.49. The predicted octanol–water partition coefficient (Wildman–Crippen LogP) is 5.93. The molecule has 1 aliphatic heterocycles. The fraction of sp³-hybridized carbons (Fsp3) is 0.269. The van der Waals surface area contributed by atoms with Gasteiger partial charge in [0.05, 0.1) is 5.69 Å². The van der Waals surface area contributed by atoms with Gasteiger partial charge in [0.1, 0.15) is 0 Å². The highest BCUT2D eigenvalue weighted by atomic mass is 35.5. The third-order valence-electron chi connectivity index (χ3n) is 6.19. The predicted molar refractivity (Wildman–Crippen MR) is 120 cm³/mol. The summed E-state index contributed by atoms with van der Waals surface area (Å²) in [6.07, 6.45) is 6.17. The summed E-state index contributed by atoms with van der Waals surface area (Å²) in [5.41, 5.74) is 9.52. The first-order valence-electron chi connectivity index (χ1n) is 10.5. The standard InChI is InChI=1S/C26H25ClN2/c27-23-10-11-24-22(17-23)9-8-21-7-4-14-28-26(21)25(24)20-12-15-29(16-13-20)18-19-5-2-1-3-6-19/h1-7,10-11,14,17H,8-9,12-13,15-16,18H2. The van der Waals surface area contributed by atoms with Crippen molar-refractivity contribution in [3.8, 4) is 0 Å². The molecule has 0 radical (unpaired) electrons. The van der Waals surface area contributed by atoms with E-state index in [0.717, 1.165) is 50.3 Å². The number of likely N-dealkylation sites (tertiary alicyclic amines) is 1. The fourth-order valence-electron chi connectivity index (χ4n) is 4.71. The Kier molecular flexibility index (Phi) is 5.22. The van der Waals surface area contributed by atoms with Crippen molar-refractivity contribution in [2.75, 3.05) is 13.1 Å². The van der Waals surface area contributed by atoms with Crippen LogP contribution in [0.4, 0.5) is 0 Å². The lowest BCUT2D eigenvalue weighted by Gasteiger charge is -2.30. The minimum absolute atomic E-state index is 0.824. The number of nitrogens with zero attached hydrogens (tertiary/aromatic N) is 2. The molecule has 1 aliphatic carbocycles. The Hall–Kier alpha value is -2.42. The Balaban J connectivity index is 1.49. The van der Waals surface area contributed by atoms with Gasteiger partial charge < -0.3 is 0 Å². The van der Waals surface area contributed by atoms with Crippen molar-refractivity contribution in [2.24, 2.45) is 0 Å². The Bertz CT molecular complexity index is 1050. The summed E-state index contributed by atoms with van der Waals surface area (Å²) in [5.74, 6) is 0. The van der Waals surface area contributed by atoms with E-state index in [-0.39, 0.29) is 0 Å². The van der Waals surface area contributed by atoms with Crippen LogP contribution in [0.2, 0.25) is 5.02 Å². The molecule has 2 heterocycles. The van der Waals surface area contributed by atoms with Crippen LogP contribution in [0.3, 0.4) is 0 Å². The number of hydrogen-bond acceptors (Lipinski definition) is 2. The lowest BCUT2D eigenvalue weighted by atomic mass is 9.88. The highest BCUT2D eigenvalue weighted by Gasteiger charge is 2.25. The molecule has 1 aromatic heterocycles. The number of halogens is 1. The number of hydrogen-bond donors (Lipinski definition) is 0. The monoisotopic (exact) mass is 400 g/mol. The molecule has 29 heavy (non-hydrogen) atoms. The van der Waals surface area contributed by atoms with Crippen LogP contribution in [0.5, 0.6) is 0 Å². The first-order chi connectivity index (χ1) is 14.3. The van der Waals surface area contributed by atoms with Gasteiger partial charge in [0.15, 0.2) is 0 Å². The van der Waals surface area contributed by atoms with E-state index in [1.165, 1.54) is 33.5 Å². The zero-order valence-corrected chi connectivity index (χ0v) is 17.3. The molecule has 0 unspecified atom stereocenters. The summed E-state index contributed by atoms with van der Waals surface area (Å²) >= 11 is 6.33. The molecule has 0 saturated carbocycles. The minimum atomic E-state index is 0.824. The maximum atomic E-state index is 6.33. The molecule has 0 spiro atoms. The summed E-state index contributed by atoms with van der Waals surface area (Å²) in [6, 6.07) is 21.5. The van der Waals surface area contributed by atoms with Crippen molar-refractivity contribution < 1.29 is 0 Å². The van der Waals surface area contributed by atoms with Crippen molar-refractivity contribution >= 4 is 17.2 Å². The molecule has 1 fully saturated rings. The summed E-state index contributed by atoms with van der Waals surface area (Å²) in [5, 5.41) is 0.824. The number of pyridine rings is 1. The number of aryl methyl sites for hydroxylation is 2. The zero-order chi connectivity index (χ0) is 19.6. The highest BCUT2D eigenvalue weighted by molar-refractivity contribution is 6.30. The molecular weight excluding hydrogens is 376 g/mol. The summed E-state index contributed by atoms with van der Waals surface area (Å²) in [6.45, 7) is 3.22. The van der Waals surface area contributed by atoms with Gasteiger partial charge in [-0.2, -0.15) is 0 Å². The number of fused-ring (bicyclic) bond motifs is 2. The maximum absolute atomic E-state index is 6.33. The molecule has 3 heteroatoms. The van der Waals surface area contributed by atoms with Crippen LogP contribution in [-0.2, 0) is 19.4 Å². The molecule has 2 aliphatic rings. The second-order valence-electron chi connectivity index (χ2n) is 8.05. The van der Waals surface area contributed by atoms with Crippen LogP contribution in [0.25, 0.3) is 5.57 Å². The van der Waals surface area contributed by atoms with E-state index < -0.39 is 0 Å². The van der Waals surface area contributed by atoms with Gasteiger partial charge in [0, 0.05) is 36.4 Å². The summed E-state index contributed by atoms with van der Waals surface area (Å²) in [4.78, 5) is 7.41. The first kappa shape index (κ1) is 18.6. The molecule has 1 saturated heterocycles. The quantitative estimate of drug-likeness (QED) is 0.529. The molecular formula is C26H25ClN2. The molecule has 146 valence electrons. The number of piperidine rings is 1. The van der Waals surface area contributed by atoms with Crippen molar-refractivity contribution in [1.82, 2.24) is 9.88 Å². The third kappa shape index (κ3) is 3.88. The van der Waals surface area contributed by atoms with Crippen LogP contribution < -0.4 is 0 Å². The van der Waals surface area contributed by atoms with E-state index in [2.05, 4.69) is 59.5 Å². The van der Waals surface area contributed by atoms with Gasteiger partial charge in [0.25, 0.3) is 0 Å². The van der Waals surface area contributed by atoms with Crippen molar-refractivity contribution in [2.45, 2.75) is 32.2 Å². The Labute approximate surface area is 177 Å². The van der Waals surface area contributed by atoms with Gasteiger partial charge >= 0.3 is 0 Å². The number of benzene rings is 2. The van der Waals surface area contributed by atoms with E-state index in [1.54, 1.807) is 5.57 Å². The van der Waals surface area contributed by atoms with Crippen LogP contribution in [0.1, 0.15) is 40.8 Å². The lowest BCUT2D eigenvalue weighted by molar-refractivity contribution is 0.248. The topological polar surface area (TPSA) is 16.1 Å². The highest BCUT2D eigenvalue weighted by Crippen LogP contribution is 2.38. The molecule has 5 rings (SSSR count). The molecule has 2 nitrogen and oxygen atoms in total. The van der Waals surface area contributed by atoms with Crippen molar-refractivity contribution in [1.29, 1.82) is 0 Å². The van der Waals surface area contributed by atoms with E-state index in [1.807, 2.05) is 12.3 Å². The van der Waals surface area contributed by atoms with Gasteiger partial charge in [-0.3, -0.25) is 9.88 Å². The van der Waals surface area contributed by atoms with E-state index in [4.69, 9.17) is 16.6 Å². The van der Waals surface area contributed by atoms with Gasteiger partial charge in [-0.25, -0.2) is 0 Å². The van der Waals surface area contributed by atoms with Crippen LogP contribution >= 0.6 is 11.6 Å². The average molecular weight is 401 g/mol. The third-order valence-corrected chi connectivity index (χ3v) is 6.43. The smallest absolute Gasteiger partial charge is 0.0739 e. The molecule has 2 aromatic carbocycles. The van der Waals surface area contributed by atoms with Crippen molar-refractivity contribution in [3.63, 3.8) is 0 Å². The number of aromatic nitrogens is 1. The van der Waals surface area contributed by atoms with Crippen molar-refractivity contribution in [3.05, 3.63) is 105 Å². The molecule has 0 amide bonds. The van der Waals surface area contributed by atoms with Gasteiger partial charge in [-0.15, -0.1) is 0 Å². The molecule has 0 N–H and O–H groups in total. The Morgan fingerprint density at radius 2 is 1.62 bits per heavy atom. The SMILES string of the molecule is Clc1ccc2c(c1)CCc1cccnc1C2=C1CCN(Cc2ccccc2)CC1. The van der Waals surface area contributed by atoms with Crippen LogP contribution in [-0.4, -0.2) is 23.0 Å². The minimum Gasteiger partial charge on any atom is -0.298 e. The lowest BCUT2D eigenvalue weighted by Crippen LogP contribution is -2.30. The molecule has 0 atom stereocenters.